The molecule has 0 aliphatic carbocycles. The van der Waals surface area contributed by atoms with Crippen LogP contribution >= 0.6 is 11.3 Å². The number of nitrogens with zero attached hydrogens (tertiary/aromatic N) is 3. The molecule has 2 N–H and O–H groups in total. The zero-order chi connectivity index (χ0) is 13.5. The van der Waals surface area contributed by atoms with Crippen molar-refractivity contribution in [3.05, 3.63) is 11.1 Å². The summed E-state index contributed by atoms with van der Waals surface area (Å²) < 4.78 is 0. The summed E-state index contributed by atoms with van der Waals surface area (Å²) in [6, 6.07) is 0. The van der Waals surface area contributed by atoms with Crippen molar-refractivity contribution in [1.29, 1.82) is 0 Å². The molecule has 0 spiro atoms. The van der Waals surface area contributed by atoms with Gasteiger partial charge in [0.25, 0.3) is 0 Å². The number of aromatic nitrogens is 1. The molecule has 0 aliphatic rings. The van der Waals surface area contributed by atoms with Gasteiger partial charge < -0.3 is 15.5 Å². The molecule has 0 amide bonds. The first-order valence-electron chi connectivity index (χ1n) is 6.09. The van der Waals surface area contributed by atoms with E-state index in [1.807, 2.05) is 19.0 Å². The predicted molar refractivity (Wildman–Crippen MR) is 79.5 cm³/mol. The third kappa shape index (κ3) is 4.91. The largest absolute Gasteiger partial charge is 0.356 e. The number of rotatable bonds is 5. The van der Waals surface area contributed by atoms with Crippen molar-refractivity contribution >= 4 is 22.4 Å². The highest BCUT2D eigenvalue weighted by molar-refractivity contribution is 7.13. The zero-order valence-electron chi connectivity index (χ0n) is 11.8. The quantitative estimate of drug-likeness (QED) is 0.629. The van der Waals surface area contributed by atoms with Gasteiger partial charge in [0.2, 0.25) is 0 Å². The number of hydrogen-bond acceptors (Lipinski definition) is 4. The van der Waals surface area contributed by atoms with Crippen molar-refractivity contribution in [2.45, 2.75) is 20.4 Å². The molecule has 1 aromatic rings. The Morgan fingerprint density at radius 3 is 2.67 bits per heavy atom. The molecule has 0 unspecified atom stereocenters. The summed E-state index contributed by atoms with van der Waals surface area (Å²) in [6.45, 7) is 5.95. The molecule has 0 saturated carbocycles. The van der Waals surface area contributed by atoms with Crippen LogP contribution in [0.15, 0.2) is 10.4 Å². The number of hydrogen-bond donors (Lipinski definition) is 2. The smallest absolute Gasteiger partial charge is 0.191 e. The normalized spacial score (nSPS) is 11.8. The average Bonchev–Trinajstić information content (AvgIpc) is 2.78. The molecular formula is C12H23N5S. The molecule has 18 heavy (non-hydrogen) atoms. The summed E-state index contributed by atoms with van der Waals surface area (Å²) in [6.07, 6.45) is 0. The Morgan fingerprint density at radius 1 is 1.44 bits per heavy atom. The van der Waals surface area contributed by atoms with Gasteiger partial charge in [-0.05, 0) is 5.92 Å². The molecule has 102 valence electrons. The lowest BCUT2D eigenvalue weighted by Gasteiger charge is -2.12. The molecule has 1 rings (SSSR count). The predicted octanol–water partition coefficient (Wildman–Crippen LogP) is 1.53. The second-order valence-electron chi connectivity index (χ2n) is 4.72. The summed E-state index contributed by atoms with van der Waals surface area (Å²) in [4.78, 5) is 10.7. The monoisotopic (exact) mass is 269 g/mol. The van der Waals surface area contributed by atoms with Gasteiger partial charge in [-0.1, -0.05) is 13.8 Å². The number of aliphatic imine (C=N–C) groups is 1. The highest BCUT2D eigenvalue weighted by atomic mass is 32.1. The number of anilines is 1. The van der Waals surface area contributed by atoms with Crippen molar-refractivity contribution in [2.24, 2.45) is 10.9 Å². The van der Waals surface area contributed by atoms with Gasteiger partial charge in [-0.3, -0.25) is 4.99 Å². The number of guanidine groups is 1. The molecule has 0 atom stereocenters. The first-order valence-corrected chi connectivity index (χ1v) is 6.97. The maximum atomic E-state index is 4.51. The van der Waals surface area contributed by atoms with Crippen LogP contribution in [0.4, 0.5) is 5.13 Å². The van der Waals surface area contributed by atoms with Crippen molar-refractivity contribution in [3.8, 4) is 0 Å². The first kappa shape index (κ1) is 14.8. The molecule has 0 bridgehead atoms. The average molecular weight is 269 g/mol. The number of thiazole rings is 1. The molecule has 1 heterocycles. The maximum Gasteiger partial charge on any atom is 0.191 e. The Hall–Kier alpha value is -1.30. The molecule has 5 nitrogen and oxygen atoms in total. The molecular weight excluding hydrogens is 246 g/mol. The molecule has 0 aromatic carbocycles. The van der Waals surface area contributed by atoms with Gasteiger partial charge in [0.15, 0.2) is 11.1 Å². The Bertz CT molecular complexity index is 384. The van der Waals surface area contributed by atoms with Crippen LogP contribution in [0.1, 0.15) is 19.5 Å². The molecule has 0 aliphatic heterocycles. The van der Waals surface area contributed by atoms with Crippen LogP contribution < -0.4 is 15.5 Å². The minimum absolute atomic E-state index is 0.600. The van der Waals surface area contributed by atoms with Crippen LogP contribution in [0.3, 0.4) is 0 Å². The van der Waals surface area contributed by atoms with E-state index in [0.717, 1.165) is 23.3 Å². The van der Waals surface area contributed by atoms with Crippen molar-refractivity contribution in [1.82, 2.24) is 15.6 Å². The van der Waals surface area contributed by atoms with E-state index in [4.69, 9.17) is 0 Å². The Labute approximate surface area is 113 Å². The summed E-state index contributed by atoms with van der Waals surface area (Å²) in [5, 5.41) is 9.62. The Morgan fingerprint density at radius 2 is 2.17 bits per heavy atom. The minimum atomic E-state index is 0.600. The van der Waals surface area contributed by atoms with Crippen LogP contribution in [0.25, 0.3) is 0 Å². The summed E-state index contributed by atoms with van der Waals surface area (Å²) in [5.74, 6) is 1.42. The first-order chi connectivity index (χ1) is 8.52. The van der Waals surface area contributed by atoms with Crippen LogP contribution in [-0.4, -0.2) is 38.6 Å². The third-order valence-corrected chi connectivity index (χ3v) is 3.32. The van der Waals surface area contributed by atoms with Gasteiger partial charge in [0.1, 0.15) is 0 Å². The lowest BCUT2D eigenvalue weighted by molar-refractivity contribution is 0.614. The number of nitrogens with one attached hydrogen (secondary N) is 2. The SMILES string of the molecule is CN=C(NCc1csc(N(C)C)n1)NCC(C)C. The lowest BCUT2D eigenvalue weighted by Crippen LogP contribution is -2.38. The van der Waals surface area contributed by atoms with E-state index in [2.05, 4.69) is 39.8 Å². The van der Waals surface area contributed by atoms with E-state index in [-0.39, 0.29) is 0 Å². The van der Waals surface area contributed by atoms with Gasteiger partial charge in [0.05, 0.1) is 12.2 Å². The van der Waals surface area contributed by atoms with E-state index >= 15 is 0 Å². The van der Waals surface area contributed by atoms with Crippen molar-refractivity contribution < 1.29 is 0 Å². The van der Waals surface area contributed by atoms with E-state index in [0.29, 0.717) is 12.5 Å². The lowest BCUT2D eigenvalue weighted by atomic mass is 10.2. The van der Waals surface area contributed by atoms with Crippen LogP contribution in [0, 0.1) is 5.92 Å². The Balaban J connectivity index is 2.42. The van der Waals surface area contributed by atoms with Gasteiger partial charge in [0, 0.05) is 33.1 Å². The molecule has 0 saturated heterocycles. The van der Waals surface area contributed by atoms with Crippen LogP contribution in [-0.2, 0) is 6.54 Å². The minimum Gasteiger partial charge on any atom is -0.356 e. The third-order valence-electron chi connectivity index (χ3n) is 2.26. The van der Waals surface area contributed by atoms with Gasteiger partial charge in [-0.2, -0.15) is 0 Å². The van der Waals surface area contributed by atoms with E-state index in [1.165, 1.54) is 0 Å². The fourth-order valence-electron chi connectivity index (χ4n) is 1.28. The summed E-state index contributed by atoms with van der Waals surface area (Å²) >= 11 is 1.65. The fourth-order valence-corrected chi connectivity index (χ4v) is 2.04. The van der Waals surface area contributed by atoms with Crippen molar-refractivity contribution in [2.75, 3.05) is 32.6 Å². The second-order valence-corrected chi connectivity index (χ2v) is 5.55. The van der Waals surface area contributed by atoms with E-state index < -0.39 is 0 Å². The molecule has 1 aromatic heterocycles. The van der Waals surface area contributed by atoms with Gasteiger partial charge in [-0.15, -0.1) is 11.3 Å². The molecule has 0 fully saturated rings. The zero-order valence-corrected chi connectivity index (χ0v) is 12.6. The maximum absolute atomic E-state index is 4.51. The highest BCUT2D eigenvalue weighted by Gasteiger charge is 2.04. The second kappa shape index (κ2) is 7.20. The van der Waals surface area contributed by atoms with E-state index in [9.17, 15) is 0 Å². The molecule has 0 radical (unpaired) electrons. The topological polar surface area (TPSA) is 52.6 Å². The highest BCUT2D eigenvalue weighted by Crippen LogP contribution is 2.17. The summed E-state index contributed by atoms with van der Waals surface area (Å²) in [5.41, 5.74) is 1.04. The van der Waals surface area contributed by atoms with Gasteiger partial charge >= 0.3 is 0 Å². The van der Waals surface area contributed by atoms with Crippen molar-refractivity contribution in [3.63, 3.8) is 0 Å². The van der Waals surface area contributed by atoms with Crippen LogP contribution in [0.5, 0.6) is 0 Å². The molecule has 6 heteroatoms. The van der Waals surface area contributed by atoms with E-state index in [1.54, 1.807) is 18.4 Å². The Kier molecular flexibility index (Phi) is 5.91. The fraction of sp³-hybridized carbons (Fsp3) is 0.667. The standard InChI is InChI=1S/C12H23N5S/c1-9(2)6-14-11(13-3)15-7-10-8-18-12(16-10)17(4)5/h8-9H,6-7H2,1-5H3,(H2,13,14,15). The van der Waals surface area contributed by atoms with Crippen LogP contribution in [0.2, 0.25) is 0 Å². The summed E-state index contributed by atoms with van der Waals surface area (Å²) in [7, 11) is 5.78. The van der Waals surface area contributed by atoms with Gasteiger partial charge in [-0.25, -0.2) is 4.98 Å².